The summed E-state index contributed by atoms with van der Waals surface area (Å²) >= 11 is 0. The predicted molar refractivity (Wildman–Crippen MR) is 88.4 cm³/mol. The molecule has 1 fully saturated rings. The Balaban J connectivity index is 2.08. The van der Waals surface area contributed by atoms with Crippen molar-refractivity contribution in [2.75, 3.05) is 0 Å². The monoisotopic (exact) mass is 346 g/mol. The summed E-state index contributed by atoms with van der Waals surface area (Å²) in [7, 11) is 0. The molecule has 1 N–H and O–H groups in total. The van der Waals surface area contributed by atoms with Crippen LogP contribution in [0.4, 0.5) is 0 Å². The summed E-state index contributed by atoms with van der Waals surface area (Å²) < 4.78 is 11.1. The van der Waals surface area contributed by atoms with Gasteiger partial charge in [0.2, 0.25) is 5.78 Å². The van der Waals surface area contributed by atoms with Crippen molar-refractivity contribution in [1.29, 1.82) is 0 Å². The average molecular weight is 346 g/mol. The summed E-state index contributed by atoms with van der Waals surface area (Å²) in [4.78, 5) is 36.7. The number of aliphatic hydroxyl groups is 1. The molecule has 0 radical (unpaired) electrons. The van der Waals surface area contributed by atoms with E-state index in [0.717, 1.165) is 5.57 Å². The number of ether oxygens (including phenoxy) is 2. The second kappa shape index (κ2) is 5.86. The number of rotatable bonds is 2. The Hall–Kier alpha value is -2.37. The first-order chi connectivity index (χ1) is 11.6. The zero-order valence-electron chi connectivity index (χ0n) is 14.8. The molecule has 6 nitrogen and oxygen atoms in total. The molecule has 1 saturated heterocycles. The summed E-state index contributed by atoms with van der Waals surface area (Å²) in [5.41, 5.74) is 1.90. The summed E-state index contributed by atoms with van der Waals surface area (Å²) in [6, 6.07) is 0. The quantitative estimate of drug-likeness (QED) is 0.610. The highest BCUT2D eigenvalue weighted by Crippen LogP contribution is 2.49. The van der Waals surface area contributed by atoms with E-state index in [9.17, 15) is 19.5 Å². The minimum Gasteiger partial charge on any atom is -0.504 e. The number of esters is 2. The molecular weight excluding hydrogens is 324 g/mol. The van der Waals surface area contributed by atoms with Crippen LogP contribution in [0.5, 0.6) is 0 Å². The second-order valence-electron chi connectivity index (χ2n) is 7.29. The molecule has 4 unspecified atom stereocenters. The molecule has 0 aromatic carbocycles. The molecule has 3 aliphatic rings. The number of carbonyl (C=O) groups is 3. The van der Waals surface area contributed by atoms with E-state index in [1.165, 1.54) is 0 Å². The van der Waals surface area contributed by atoms with Crippen molar-refractivity contribution >= 4 is 17.7 Å². The molecule has 0 aromatic heterocycles. The first kappa shape index (κ1) is 17.5. The van der Waals surface area contributed by atoms with Crippen LogP contribution in [0.15, 0.2) is 34.6 Å². The summed E-state index contributed by atoms with van der Waals surface area (Å²) in [5.74, 6) is -3.03. The van der Waals surface area contributed by atoms with Crippen LogP contribution in [-0.4, -0.2) is 35.0 Å². The van der Waals surface area contributed by atoms with Crippen LogP contribution in [0.2, 0.25) is 0 Å². The van der Waals surface area contributed by atoms with Crippen molar-refractivity contribution in [2.45, 2.75) is 46.3 Å². The first-order valence-corrected chi connectivity index (χ1v) is 8.39. The smallest absolute Gasteiger partial charge is 0.334 e. The van der Waals surface area contributed by atoms with Gasteiger partial charge >= 0.3 is 11.9 Å². The van der Waals surface area contributed by atoms with E-state index < -0.39 is 35.8 Å². The minimum atomic E-state index is -0.703. The number of aliphatic hydroxyl groups excluding tert-OH is 1. The number of ketones is 1. The maximum atomic E-state index is 12.5. The van der Waals surface area contributed by atoms with Crippen molar-refractivity contribution < 1.29 is 29.0 Å². The van der Waals surface area contributed by atoms with Crippen LogP contribution >= 0.6 is 0 Å². The molecule has 4 atom stereocenters. The van der Waals surface area contributed by atoms with Crippen LogP contribution in [0, 0.1) is 17.8 Å². The second-order valence-corrected chi connectivity index (χ2v) is 7.29. The van der Waals surface area contributed by atoms with Gasteiger partial charge < -0.3 is 14.6 Å². The van der Waals surface area contributed by atoms with Crippen molar-refractivity contribution in [1.82, 2.24) is 0 Å². The lowest BCUT2D eigenvalue weighted by atomic mass is 9.82. The lowest BCUT2D eigenvalue weighted by Gasteiger charge is -2.28. The number of hydrogen-bond acceptors (Lipinski definition) is 6. The molecule has 134 valence electrons. The highest BCUT2D eigenvalue weighted by molar-refractivity contribution is 6.11. The number of Topliss-reactive ketones (excluding diaryl/α,β-unsaturated/α-hetero) is 1. The SMILES string of the molecule is C=C1C(=O)OC2C3C(C)=C(O)C(=O)C3=C(C)CC(OC(=O)C(C)C)C12. The number of allylic oxidation sites excluding steroid dienone is 1. The Morgan fingerprint density at radius 3 is 2.56 bits per heavy atom. The zero-order valence-corrected chi connectivity index (χ0v) is 14.8. The van der Waals surface area contributed by atoms with E-state index in [2.05, 4.69) is 6.58 Å². The molecule has 0 saturated carbocycles. The maximum Gasteiger partial charge on any atom is 0.334 e. The average Bonchev–Trinajstić information content (AvgIpc) is 2.90. The van der Waals surface area contributed by atoms with Gasteiger partial charge in [-0.05, 0) is 19.4 Å². The van der Waals surface area contributed by atoms with Crippen LogP contribution in [0.3, 0.4) is 0 Å². The Morgan fingerprint density at radius 1 is 1.32 bits per heavy atom. The van der Waals surface area contributed by atoms with Gasteiger partial charge in [-0.2, -0.15) is 0 Å². The third-order valence-corrected chi connectivity index (χ3v) is 5.31. The number of carbonyl (C=O) groups excluding carboxylic acids is 3. The van der Waals surface area contributed by atoms with E-state index in [1.807, 2.05) is 0 Å². The molecule has 1 heterocycles. The molecule has 0 aromatic rings. The molecule has 2 aliphatic carbocycles. The first-order valence-electron chi connectivity index (χ1n) is 8.39. The van der Waals surface area contributed by atoms with Gasteiger partial charge in [0.05, 0.1) is 17.8 Å². The van der Waals surface area contributed by atoms with Gasteiger partial charge in [-0.15, -0.1) is 0 Å². The minimum absolute atomic E-state index is 0.243. The van der Waals surface area contributed by atoms with Crippen LogP contribution in [0.1, 0.15) is 34.1 Å². The van der Waals surface area contributed by atoms with Gasteiger partial charge in [-0.25, -0.2) is 4.79 Å². The Labute approximate surface area is 146 Å². The van der Waals surface area contributed by atoms with E-state index in [0.29, 0.717) is 17.6 Å². The molecule has 3 rings (SSSR count). The molecule has 0 spiro atoms. The van der Waals surface area contributed by atoms with Crippen LogP contribution < -0.4 is 0 Å². The molecule has 0 amide bonds. The molecule has 25 heavy (non-hydrogen) atoms. The van der Waals surface area contributed by atoms with Gasteiger partial charge in [0.25, 0.3) is 0 Å². The topological polar surface area (TPSA) is 89.9 Å². The fourth-order valence-corrected chi connectivity index (χ4v) is 3.94. The van der Waals surface area contributed by atoms with E-state index in [1.54, 1.807) is 27.7 Å². The highest BCUT2D eigenvalue weighted by Gasteiger charge is 2.55. The largest absolute Gasteiger partial charge is 0.504 e. The van der Waals surface area contributed by atoms with Crippen molar-refractivity contribution in [2.24, 2.45) is 17.8 Å². The van der Waals surface area contributed by atoms with Crippen LogP contribution in [-0.2, 0) is 23.9 Å². The van der Waals surface area contributed by atoms with E-state index in [-0.39, 0.29) is 23.2 Å². The Kier molecular flexibility index (Phi) is 4.09. The zero-order chi connectivity index (χ0) is 18.6. The molecular formula is C19H22O6. The highest BCUT2D eigenvalue weighted by atomic mass is 16.6. The van der Waals surface area contributed by atoms with Crippen molar-refractivity contribution in [3.8, 4) is 0 Å². The molecule has 0 bridgehead atoms. The third kappa shape index (κ3) is 2.51. The fourth-order valence-electron chi connectivity index (χ4n) is 3.94. The summed E-state index contributed by atoms with van der Waals surface area (Å²) in [5, 5.41) is 10.1. The van der Waals surface area contributed by atoms with Gasteiger partial charge in [-0.3, -0.25) is 9.59 Å². The Bertz CT molecular complexity index is 754. The third-order valence-electron chi connectivity index (χ3n) is 5.31. The van der Waals surface area contributed by atoms with Gasteiger partial charge in [0, 0.05) is 17.6 Å². The number of hydrogen-bond donors (Lipinski definition) is 1. The van der Waals surface area contributed by atoms with Crippen molar-refractivity contribution in [3.63, 3.8) is 0 Å². The molecule has 6 heteroatoms. The fraction of sp³-hybridized carbons (Fsp3) is 0.526. The van der Waals surface area contributed by atoms with Gasteiger partial charge in [-0.1, -0.05) is 26.0 Å². The summed E-state index contributed by atoms with van der Waals surface area (Å²) in [6.07, 6.45) is -1.03. The standard InChI is InChI=1S/C19H22O6/c1-7(2)18(22)24-11-6-8(3)12-14(9(4)15(20)16(12)21)17-13(11)10(5)19(23)25-17/h7,11,13-14,17,20H,5-6H2,1-4H3. The van der Waals surface area contributed by atoms with Gasteiger partial charge in [0.15, 0.2) is 5.76 Å². The summed E-state index contributed by atoms with van der Waals surface area (Å²) in [6.45, 7) is 10.7. The van der Waals surface area contributed by atoms with Crippen LogP contribution in [0.25, 0.3) is 0 Å². The molecule has 1 aliphatic heterocycles. The normalized spacial score (nSPS) is 32.0. The van der Waals surface area contributed by atoms with Crippen molar-refractivity contribution in [3.05, 3.63) is 34.6 Å². The van der Waals surface area contributed by atoms with E-state index in [4.69, 9.17) is 9.47 Å². The lowest BCUT2D eigenvalue weighted by Crippen LogP contribution is -2.36. The van der Waals surface area contributed by atoms with E-state index >= 15 is 0 Å². The maximum absolute atomic E-state index is 12.5. The number of fused-ring (bicyclic) bond motifs is 3. The Morgan fingerprint density at radius 2 is 1.96 bits per heavy atom. The predicted octanol–water partition coefficient (Wildman–Crippen LogP) is 2.40. The lowest BCUT2D eigenvalue weighted by molar-refractivity contribution is -0.156. The van der Waals surface area contributed by atoms with Gasteiger partial charge in [0.1, 0.15) is 12.2 Å².